The van der Waals surface area contributed by atoms with Gasteiger partial charge in [-0.25, -0.2) is 0 Å². The van der Waals surface area contributed by atoms with Crippen molar-refractivity contribution < 1.29 is 18.9 Å². The smallest absolute Gasteiger partial charge is 0.502 e. The van der Waals surface area contributed by atoms with Gasteiger partial charge in [0, 0.05) is 77.7 Å². The summed E-state index contributed by atoms with van der Waals surface area (Å²) < 4.78 is 12.4. The fourth-order valence-corrected chi connectivity index (χ4v) is 1.37. The van der Waals surface area contributed by atoms with E-state index < -0.39 is 11.9 Å². The molecule has 17 heavy (non-hydrogen) atoms. The monoisotopic (exact) mass is 500 g/mol. The minimum atomic E-state index is -0.440. The van der Waals surface area contributed by atoms with Crippen LogP contribution in [0.3, 0.4) is 0 Å². The Morgan fingerprint density at radius 3 is 1.53 bits per heavy atom. The highest BCUT2D eigenvalue weighted by Crippen LogP contribution is 2.06. The lowest BCUT2D eigenvalue weighted by molar-refractivity contribution is -0.139. The Bertz CT molecular complexity index is 232. The third kappa shape index (κ3) is 13.1. The first-order valence-corrected chi connectivity index (χ1v) is 7.25. The number of hydrogen-bond donors (Lipinski definition) is 0. The first kappa shape index (κ1) is 17.8. The van der Waals surface area contributed by atoms with Gasteiger partial charge in [-0.05, 0) is 0 Å². The summed E-state index contributed by atoms with van der Waals surface area (Å²) >= 11 is 12.3. The Morgan fingerprint density at radius 1 is 0.882 bits per heavy atom. The van der Waals surface area contributed by atoms with Gasteiger partial charge in [-0.15, -0.1) is 0 Å². The molecule has 0 N–H and O–H groups in total. The molecule has 0 heterocycles. The number of carbonyl (C=O) groups excluding carboxylic acids is 2. The molecule has 0 spiro atoms. The van der Waals surface area contributed by atoms with Crippen LogP contribution in [0.25, 0.3) is 0 Å². The van der Waals surface area contributed by atoms with Gasteiger partial charge in [0.25, 0.3) is 11.9 Å². The molecule has 0 fully saturated rings. The topological polar surface area (TPSA) is 59.1 Å². The minimum absolute atomic E-state index is 0.185. The zero-order valence-electron chi connectivity index (χ0n) is 8.57. The highest BCUT2D eigenvalue weighted by atomic mass is 79.9. The Hall–Kier alpha value is 0.845. The van der Waals surface area contributed by atoms with Crippen molar-refractivity contribution >= 4 is 84.2 Å². The number of hydrogen-bond acceptors (Lipinski definition) is 6. The van der Waals surface area contributed by atoms with Crippen LogP contribution in [-0.2, 0) is 18.9 Å². The molecule has 98 valence electrons. The second-order valence-corrected chi connectivity index (χ2v) is 8.03. The molecule has 0 saturated heterocycles. The van der Waals surface area contributed by atoms with Gasteiger partial charge in [0.05, 0.1) is 12.8 Å². The summed E-state index contributed by atoms with van der Waals surface area (Å²) in [5.74, 6) is -0.881. The molecule has 0 saturated carbocycles. The van der Waals surface area contributed by atoms with Crippen molar-refractivity contribution in [1.29, 1.82) is 0 Å². The van der Waals surface area contributed by atoms with Crippen molar-refractivity contribution in [3.8, 4) is 0 Å². The Balaban J connectivity index is 3.49. The Labute approximate surface area is 134 Å². The summed E-state index contributed by atoms with van der Waals surface area (Å²) in [5, 5.41) is 0. The molecule has 0 rings (SSSR count). The molecule has 0 aliphatic carbocycles. The van der Waals surface area contributed by atoms with Crippen LogP contribution in [0, 0.1) is 0 Å². The van der Waals surface area contributed by atoms with Gasteiger partial charge in [-0.2, -0.15) is 5.90 Å². The summed E-state index contributed by atoms with van der Waals surface area (Å²) in [6.07, 6.45) is 0.370. The molecule has 0 atom stereocenters. The van der Waals surface area contributed by atoms with Gasteiger partial charge in [-0.3, -0.25) is 9.59 Å². The van der Waals surface area contributed by atoms with E-state index in [1.54, 1.807) is 0 Å². The maximum atomic E-state index is 11.1. The highest BCUT2D eigenvalue weighted by Gasteiger charge is 2.10. The van der Waals surface area contributed by atoms with Crippen molar-refractivity contribution in [1.82, 2.24) is 5.90 Å². The third-order valence-electron chi connectivity index (χ3n) is 1.41. The average Bonchev–Trinajstić information content (AvgIpc) is 2.23. The predicted octanol–water partition coefficient (Wildman–Crippen LogP) is 1.96. The Kier molecular flexibility index (Phi) is 11.3. The molecule has 0 aromatic carbocycles. The average molecular weight is 504 g/mol. The SMILES string of the molecule is O=C(CCN(Br)Br)OBOC(=O)CCN(Br)Br. The van der Waals surface area contributed by atoms with Crippen molar-refractivity contribution in [2.75, 3.05) is 13.1 Å². The molecule has 0 aromatic rings. The van der Waals surface area contributed by atoms with Crippen LogP contribution in [0.15, 0.2) is 0 Å². The van der Waals surface area contributed by atoms with Gasteiger partial charge in [0.1, 0.15) is 0 Å². The lowest BCUT2D eigenvalue weighted by Gasteiger charge is -2.07. The standard InChI is InChI=1S/C6H9BBr4N2O4/c8-12(9)3-1-5(14)16-7-17-6(15)2-4-13(10)11/h7H,1-4H2. The number of halogens is 4. The summed E-state index contributed by atoms with van der Waals surface area (Å²) in [6.45, 7) is 0.879. The van der Waals surface area contributed by atoms with Gasteiger partial charge in [0.2, 0.25) is 0 Å². The van der Waals surface area contributed by atoms with Crippen LogP contribution in [-0.4, -0.2) is 38.6 Å². The lowest BCUT2D eigenvalue weighted by Crippen LogP contribution is -2.19. The van der Waals surface area contributed by atoms with Crippen LogP contribution in [0.2, 0.25) is 0 Å². The van der Waals surface area contributed by atoms with E-state index in [1.165, 1.54) is 5.90 Å². The highest BCUT2D eigenvalue weighted by molar-refractivity contribution is 9.21. The summed E-state index contributed by atoms with van der Waals surface area (Å²) in [5.41, 5.74) is 0. The second kappa shape index (κ2) is 10.7. The van der Waals surface area contributed by atoms with Crippen LogP contribution in [0.1, 0.15) is 12.8 Å². The quantitative estimate of drug-likeness (QED) is 0.373. The molecule has 0 radical (unpaired) electrons. The largest absolute Gasteiger partial charge is 0.580 e. The molecule has 0 aliphatic rings. The van der Waals surface area contributed by atoms with Crippen molar-refractivity contribution in [3.63, 3.8) is 0 Å². The molecule has 11 heteroatoms. The van der Waals surface area contributed by atoms with Gasteiger partial charge < -0.3 is 9.31 Å². The molecular formula is C6H9BBr4N2O4. The van der Waals surface area contributed by atoms with Crippen LogP contribution in [0.5, 0.6) is 0 Å². The molecule has 0 unspecified atom stereocenters. The van der Waals surface area contributed by atoms with E-state index in [0.29, 0.717) is 13.1 Å². The van der Waals surface area contributed by atoms with Crippen molar-refractivity contribution in [2.24, 2.45) is 0 Å². The van der Waals surface area contributed by atoms with Crippen LogP contribution < -0.4 is 0 Å². The summed E-state index contributed by atoms with van der Waals surface area (Å²) in [6, 6.07) is 0. The normalized spacial score (nSPS) is 10.5. The first-order valence-electron chi connectivity index (χ1n) is 4.41. The molecule has 0 bridgehead atoms. The predicted molar refractivity (Wildman–Crippen MR) is 77.7 cm³/mol. The van der Waals surface area contributed by atoms with E-state index in [9.17, 15) is 9.59 Å². The van der Waals surface area contributed by atoms with Crippen LogP contribution in [0.4, 0.5) is 0 Å². The van der Waals surface area contributed by atoms with E-state index in [0.717, 1.165) is 0 Å². The third-order valence-corrected chi connectivity index (χ3v) is 2.83. The van der Waals surface area contributed by atoms with Crippen LogP contribution >= 0.6 is 64.6 Å². The Morgan fingerprint density at radius 2 is 1.24 bits per heavy atom. The molecule has 0 aromatic heterocycles. The molecule has 0 aliphatic heterocycles. The molecule has 0 amide bonds. The maximum absolute atomic E-state index is 11.1. The second-order valence-electron chi connectivity index (χ2n) is 2.70. The van der Waals surface area contributed by atoms with E-state index in [1.807, 2.05) is 0 Å². The van der Waals surface area contributed by atoms with E-state index in [2.05, 4.69) is 73.9 Å². The number of rotatable bonds is 8. The van der Waals surface area contributed by atoms with Gasteiger partial charge in [0.15, 0.2) is 0 Å². The summed E-state index contributed by atoms with van der Waals surface area (Å²) in [4.78, 5) is 22.2. The first-order chi connectivity index (χ1) is 7.91. The van der Waals surface area contributed by atoms with Gasteiger partial charge in [-0.1, -0.05) is 0 Å². The minimum Gasteiger partial charge on any atom is -0.502 e. The van der Waals surface area contributed by atoms with Crippen molar-refractivity contribution in [2.45, 2.75) is 12.8 Å². The number of nitrogens with zero attached hydrogens (tertiary/aromatic N) is 2. The molecular weight excluding hydrogens is 495 g/mol. The number of carbonyl (C=O) groups is 2. The molecule has 6 nitrogen and oxygen atoms in total. The van der Waals surface area contributed by atoms with E-state index in [4.69, 9.17) is 0 Å². The summed E-state index contributed by atoms with van der Waals surface area (Å²) in [7, 11) is -0.354. The van der Waals surface area contributed by atoms with E-state index in [-0.39, 0.29) is 20.5 Å². The van der Waals surface area contributed by atoms with Gasteiger partial charge >= 0.3 is 7.69 Å². The maximum Gasteiger partial charge on any atom is 0.580 e. The van der Waals surface area contributed by atoms with E-state index >= 15 is 0 Å². The fraction of sp³-hybridized carbons (Fsp3) is 0.667. The zero-order chi connectivity index (χ0) is 13.3. The lowest BCUT2D eigenvalue weighted by atomic mass is 10.3. The zero-order valence-corrected chi connectivity index (χ0v) is 14.9. The van der Waals surface area contributed by atoms with Crippen molar-refractivity contribution in [3.05, 3.63) is 0 Å². The fourth-order valence-electron chi connectivity index (χ4n) is 0.657.